The van der Waals surface area contributed by atoms with E-state index in [0.29, 0.717) is 12.1 Å². The van der Waals surface area contributed by atoms with Crippen molar-refractivity contribution in [3.05, 3.63) is 57.6 Å². The van der Waals surface area contributed by atoms with Crippen molar-refractivity contribution in [1.29, 1.82) is 0 Å². The quantitative estimate of drug-likeness (QED) is 0.487. The van der Waals surface area contributed by atoms with Crippen LogP contribution in [0.25, 0.3) is 0 Å². The van der Waals surface area contributed by atoms with Gasteiger partial charge >= 0.3 is 18.5 Å². The van der Waals surface area contributed by atoms with Gasteiger partial charge in [-0.3, -0.25) is 4.72 Å². The molecule has 0 aromatic heterocycles. The van der Waals surface area contributed by atoms with Crippen molar-refractivity contribution < 1.29 is 47.9 Å². The second-order valence-electron chi connectivity index (χ2n) is 5.53. The number of nitrogens with one attached hydrogen (secondary N) is 1. The van der Waals surface area contributed by atoms with Gasteiger partial charge in [0.1, 0.15) is 0 Å². The molecule has 0 aliphatic carbocycles. The maximum Gasteiger partial charge on any atom is 0.418 e. The average Bonchev–Trinajstić information content (AvgIpc) is 2.51. The maximum absolute atomic E-state index is 13.1. The molecule has 0 radical (unpaired) electrons. The molecule has 2 aromatic carbocycles. The summed E-state index contributed by atoms with van der Waals surface area (Å²) in [6.07, 6.45) is -15.3. The number of sulfonamides is 1. The summed E-state index contributed by atoms with van der Waals surface area (Å²) >= 11 is 2.65. The molecule has 3 nitrogen and oxygen atoms in total. The van der Waals surface area contributed by atoms with E-state index in [2.05, 4.69) is 15.9 Å². The van der Waals surface area contributed by atoms with E-state index in [-0.39, 0.29) is 28.7 Å². The molecule has 0 atom stereocenters. The first-order valence-corrected chi connectivity index (χ1v) is 9.38. The highest BCUT2D eigenvalue weighted by Crippen LogP contribution is 2.40. The normalized spacial score (nSPS) is 13.4. The molecule has 0 aliphatic rings. The summed E-state index contributed by atoms with van der Waals surface area (Å²) in [5.74, 6) is 0. The van der Waals surface area contributed by atoms with Gasteiger partial charge < -0.3 is 0 Å². The van der Waals surface area contributed by atoms with Gasteiger partial charge in [0.2, 0.25) is 0 Å². The van der Waals surface area contributed by atoms with E-state index in [1.54, 1.807) is 0 Å². The Morgan fingerprint density at radius 2 is 1.28 bits per heavy atom. The fourth-order valence-corrected chi connectivity index (χ4v) is 3.92. The lowest BCUT2D eigenvalue weighted by atomic mass is 10.1. The zero-order valence-corrected chi connectivity index (χ0v) is 15.9. The first kappa shape index (κ1) is 23.3. The minimum absolute atomic E-state index is 0.0166. The minimum atomic E-state index is -5.24. The number of hydrogen-bond acceptors (Lipinski definition) is 2. The van der Waals surface area contributed by atoms with Crippen LogP contribution in [0.1, 0.15) is 16.7 Å². The molecule has 1 N–H and O–H groups in total. The summed E-state index contributed by atoms with van der Waals surface area (Å²) in [5.41, 5.74) is -6.26. The van der Waals surface area contributed by atoms with Gasteiger partial charge in [-0.15, -0.1) is 0 Å². The van der Waals surface area contributed by atoms with Crippen molar-refractivity contribution in [3.8, 4) is 0 Å². The second-order valence-corrected chi connectivity index (χ2v) is 8.13. The lowest BCUT2D eigenvalue weighted by Gasteiger charge is -2.18. The molecule has 0 saturated carbocycles. The summed E-state index contributed by atoms with van der Waals surface area (Å²) < 4.78 is 142. The van der Waals surface area contributed by atoms with Gasteiger partial charge in [0.05, 0.1) is 27.3 Å². The molecule has 2 aromatic rings. The Hall–Kier alpha value is -1.96. The van der Waals surface area contributed by atoms with Gasteiger partial charge in [0.15, 0.2) is 0 Å². The van der Waals surface area contributed by atoms with Crippen molar-refractivity contribution in [2.24, 2.45) is 0 Å². The Kier molecular flexibility index (Phi) is 5.93. The number of halogens is 10. The van der Waals surface area contributed by atoms with Crippen molar-refractivity contribution in [1.82, 2.24) is 0 Å². The Labute approximate surface area is 165 Å². The lowest BCUT2D eigenvalue weighted by molar-refractivity contribution is -0.140. The van der Waals surface area contributed by atoms with Crippen LogP contribution >= 0.6 is 15.9 Å². The van der Waals surface area contributed by atoms with E-state index < -0.39 is 55.8 Å². The van der Waals surface area contributed by atoms with Crippen molar-refractivity contribution in [2.45, 2.75) is 23.4 Å². The SMILES string of the molecule is O=S(=O)(Nc1cc(C(F)(F)F)ccc1C(F)(F)F)c1cc(Br)cc(C(F)(F)F)c1. The summed E-state index contributed by atoms with van der Waals surface area (Å²) in [4.78, 5) is -1.11. The van der Waals surface area contributed by atoms with Crippen LogP contribution in [0.4, 0.5) is 45.2 Å². The Morgan fingerprint density at radius 1 is 0.724 bits per heavy atom. The van der Waals surface area contributed by atoms with Gasteiger partial charge in [-0.2, -0.15) is 39.5 Å². The number of anilines is 1. The van der Waals surface area contributed by atoms with Crippen LogP contribution < -0.4 is 4.72 Å². The van der Waals surface area contributed by atoms with Gasteiger partial charge in [-0.1, -0.05) is 15.9 Å². The van der Waals surface area contributed by atoms with Crippen molar-refractivity contribution >= 4 is 31.6 Å². The van der Waals surface area contributed by atoms with Crippen LogP contribution in [0.5, 0.6) is 0 Å². The topological polar surface area (TPSA) is 46.2 Å². The molecular formula is C15H7BrF9NO2S. The fraction of sp³-hybridized carbons (Fsp3) is 0.200. The molecule has 0 amide bonds. The standard InChI is InChI=1S/C15H7BrF9NO2S/c16-9-3-8(14(20,21)22)4-10(6-9)29(27,28)26-12-5-7(13(17,18)19)1-2-11(12)15(23,24)25/h1-6,26H. The highest BCUT2D eigenvalue weighted by Gasteiger charge is 2.38. The van der Waals surface area contributed by atoms with E-state index in [4.69, 9.17) is 0 Å². The Bertz CT molecular complexity index is 1030. The molecule has 2 rings (SSSR count). The highest BCUT2D eigenvalue weighted by atomic mass is 79.9. The number of hydrogen-bond donors (Lipinski definition) is 1. The highest BCUT2D eigenvalue weighted by molar-refractivity contribution is 9.10. The van der Waals surface area contributed by atoms with Crippen LogP contribution in [0.2, 0.25) is 0 Å². The van der Waals surface area contributed by atoms with Crippen LogP contribution in [0, 0.1) is 0 Å². The Morgan fingerprint density at radius 3 is 1.76 bits per heavy atom. The van der Waals surface area contributed by atoms with Gasteiger partial charge in [-0.25, -0.2) is 8.42 Å². The predicted octanol–water partition coefficient (Wildman–Crippen LogP) is 6.31. The largest absolute Gasteiger partial charge is 0.418 e. The smallest absolute Gasteiger partial charge is 0.279 e. The second kappa shape index (κ2) is 7.38. The third kappa shape index (κ3) is 5.56. The molecule has 0 aliphatic heterocycles. The van der Waals surface area contributed by atoms with E-state index in [1.165, 1.54) is 4.72 Å². The van der Waals surface area contributed by atoms with Gasteiger partial charge in [-0.05, 0) is 36.4 Å². The van der Waals surface area contributed by atoms with Crippen LogP contribution in [-0.2, 0) is 28.6 Å². The maximum atomic E-state index is 13.1. The monoisotopic (exact) mass is 515 g/mol. The third-order valence-electron chi connectivity index (χ3n) is 3.41. The van der Waals surface area contributed by atoms with Crippen LogP contribution in [-0.4, -0.2) is 8.42 Å². The van der Waals surface area contributed by atoms with E-state index in [0.717, 1.165) is 0 Å². The van der Waals surface area contributed by atoms with E-state index in [9.17, 15) is 47.9 Å². The molecule has 29 heavy (non-hydrogen) atoms. The zero-order valence-electron chi connectivity index (χ0n) is 13.5. The average molecular weight is 516 g/mol. The molecular weight excluding hydrogens is 509 g/mol. The molecule has 160 valence electrons. The molecule has 0 bridgehead atoms. The van der Waals surface area contributed by atoms with Gasteiger partial charge in [0, 0.05) is 4.47 Å². The van der Waals surface area contributed by atoms with Crippen molar-refractivity contribution in [2.75, 3.05) is 4.72 Å². The summed E-state index contributed by atoms with van der Waals surface area (Å²) in [6.45, 7) is 0. The third-order valence-corrected chi connectivity index (χ3v) is 5.21. The van der Waals surface area contributed by atoms with Crippen LogP contribution in [0.3, 0.4) is 0 Å². The number of alkyl halides is 9. The fourth-order valence-electron chi connectivity index (χ4n) is 2.14. The summed E-state index contributed by atoms with van der Waals surface area (Å²) in [6, 6.07) is 1.32. The van der Waals surface area contributed by atoms with Gasteiger partial charge in [0.25, 0.3) is 10.0 Å². The summed E-state index contributed by atoms with van der Waals surface area (Å²) in [7, 11) is -5.11. The van der Waals surface area contributed by atoms with E-state index >= 15 is 0 Å². The predicted molar refractivity (Wildman–Crippen MR) is 86.4 cm³/mol. The summed E-state index contributed by atoms with van der Waals surface area (Å²) in [5, 5.41) is 0. The molecule has 0 fully saturated rings. The Balaban J connectivity index is 2.62. The number of benzene rings is 2. The molecule has 0 heterocycles. The minimum Gasteiger partial charge on any atom is -0.279 e. The molecule has 0 spiro atoms. The van der Waals surface area contributed by atoms with Crippen LogP contribution in [0.15, 0.2) is 45.8 Å². The molecule has 0 unspecified atom stereocenters. The molecule has 14 heteroatoms. The first-order chi connectivity index (χ1) is 12.9. The van der Waals surface area contributed by atoms with E-state index in [1.807, 2.05) is 0 Å². The lowest BCUT2D eigenvalue weighted by Crippen LogP contribution is -2.19. The zero-order chi connectivity index (χ0) is 22.4. The molecule has 0 saturated heterocycles. The number of rotatable bonds is 3. The first-order valence-electron chi connectivity index (χ1n) is 7.10. The van der Waals surface area contributed by atoms with Crippen molar-refractivity contribution in [3.63, 3.8) is 0 Å².